The summed E-state index contributed by atoms with van der Waals surface area (Å²) in [6.07, 6.45) is 0.770. The average Bonchev–Trinajstić information content (AvgIpc) is 2.43. The van der Waals surface area contributed by atoms with E-state index < -0.39 is 0 Å². The van der Waals surface area contributed by atoms with Gasteiger partial charge < -0.3 is 14.6 Å². The molecule has 0 saturated carbocycles. The molecule has 0 fully saturated rings. The molecule has 0 amide bonds. The van der Waals surface area contributed by atoms with Gasteiger partial charge in [-0.1, -0.05) is 6.92 Å². The summed E-state index contributed by atoms with van der Waals surface area (Å²) in [5, 5.41) is 9.62. The van der Waals surface area contributed by atoms with Crippen molar-refractivity contribution >= 4 is 0 Å². The van der Waals surface area contributed by atoms with Gasteiger partial charge in [0.2, 0.25) is 0 Å². The second-order valence-corrected chi connectivity index (χ2v) is 4.15. The monoisotopic (exact) mass is 258 g/mol. The zero-order chi connectivity index (χ0) is 13.7. The molecule has 0 saturated heterocycles. The number of phenolic OH excluding ortho intramolecular Hbond substituents is 1. The molecule has 19 heavy (non-hydrogen) atoms. The highest BCUT2D eigenvalue weighted by Crippen LogP contribution is 2.28. The lowest BCUT2D eigenvalue weighted by molar-refractivity contribution is 0.339. The summed E-state index contributed by atoms with van der Waals surface area (Å²) >= 11 is 0. The zero-order valence-corrected chi connectivity index (χ0v) is 11.2. The van der Waals surface area contributed by atoms with Crippen LogP contribution in [-0.2, 0) is 6.42 Å². The molecule has 0 aliphatic rings. The number of rotatable bonds is 5. The molecule has 0 aliphatic carbocycles. The molecule has 2 aromatic rings. The van der Waals surface area contributed by atoms with Crippen LogP contribution in [0.5, 0.6) is 23.0 Å². The SMILES string of the molecule is CCOc1ccc(Oc2ccc(O)c(CC)c2)cc1. The van der Waals surface area contributed by atoms with Gasteiger partial charge in [-0.15, -0.1) is 0 Å². The van der Waals surface area contributed by atoms with Crippen LogP contribution in [0, 0.1) is 0 Å². The number of benzene rings is 2. The fourth-order valence-electron chi connectivity index (χ4n) is 1.82. The van der Waals surface area contributed by atoms with Gasteiger partial charge in [0.25, 0.3) is 0 Å². The lowest BCUT2D eigenvalue weighted by Crippen LogP contribution is -1.91. The van der Waals surface area contributed by atoms with Gasteiger partial charge in [-0.2, -0.15) is 0 Å². The van der Waals surface area contributed by atoms with Crippen molar-refractivity contribution < 1.29 is 14.6 Å². The molecular weight excluding hydrogens is 240 g/mol. The molecule has 0 aliphatic heterocycles. The summed E-state index contributed by atoms with van der Waals surface area (Å²) < 4.78 is 11.1. The topological polar surface area (TPSA) is 38.7 Å². The maximum atomic E-state index is 9.62. The van der Waals surface area contributed by atoms with Crippen LogP contribution in [0.4, 0.5) is 0 Å². The second-order valence-electron chi connectivity index (χ2n) is 4.15. The van der Waals surface area contributed by atoms with Crippen LogP contribution in [0.1, 0.15) is 19.4 Å². The van der Waals surface area contributed by atoms with E-state index in [1.807, 2.05) is 44.2 Å². The van der Waals surface area contributed by atoms with E-state index >= 15 is 0 Å². The molecule has 0 atom stereocenters. The highest BCUT2D eigenvalue weighted by atomic mass is 16.5. The van der Waals surface area contributed by atoms with E-state index in [1.54, 1.807) is 12.1 Å². The van der Waals surface area contributed by atoms with E-state index in [0.29, 0.717) is 12.4 Å². The number of hydrogen-bond acceptors (Lipinski definition) is 3. The first kappa shape index (κ1) is 13.3. The summed E-state index contributed by atoms with van der Waals surface area (Å²) in [4.78, 5) is 0. The Morgan fingerprint density at radius 2 is 1.53 bits per heavy atom. The van der Waals surface area contributed by atoms with Crippen molar-refractivity contribution in [3.63, 3.8) is 0 Å². The lowest BCUT2D eigenvalue weighted by Gasteiger charge is -2.09. The Kier molecular flexibility index (Phi) is 4.29. The van der Waals surface area contributed by atoms with Crippen molar-refractivity contribution in [2.45, 2.75) is 20.3 Å². The summed E-state index contributed by atoms with van der Waals surface area (Å²) in [6.45, 7) is 4.60. The van der Waals surface area contributed by atoms with Crippen LogP contribution in [0.3, 0.4) is 0 Å². The van der Waals surface area contributed by atoms with E-state index in [1.165, 1.54) is 0 Å². The molecule has 100 valence electrons. The minimum Gasteiger partial charge on any atom is -0.508 e. The molecular formula is C16H18O3. The Labute approximate surface area is 113 Å². The van der Waals surface area contributed by atoms with Gasteiger partial charge in [-0.3, -0.25) is 0 Å². The van der Waals surface area contributed by atoms with E-state index in [2.05, 4.69) is 0 Å². The maximum absolute atomic E-state index is 9.62. The molecule has 2 rings (SSSR count). The molecule has 0 aromatic heterocycles. The standard InChI is InChI=1S/C16H18O3/c1-3-12-11-15(9-10-16(12)17)19-14-7-5-13(6-8-14)18-4-2/h5-11,17H,3-4H2,1-2H3. The largest absolute Gasteiger partial charge is 0.508 e. The van der Waals surface area contributed by atoms with Crippen LogP contribution in [-0.4, -0.2) is 11.7 Å². The van der Waals surface area contributed by atoms with Gasteiger partial charge in [0.05, 0.1) is 6.61 Å². The van der Waals surface area contributed by atoms with Crippen LogP contribution < -0.4 is 9.47 Å². The number of ether oxygens (including phenoxy) is 2. The van der Waals surface area contributed by atoms with Crippen molar-refractivity contribution in [1.82, 2.24) is 0 Å². The molecule has 0 bridgehead atoms. The quantitative estimate of drug-likeness (QED) is 0.875. The predicted octanol–water partition coefficient (Wildman–Crippen LogP) is 4.15. The van der Waals surface area contributed by atoms with E-state index in [9.17, 15) is 5.11 Å². The van der Waals surface area contributed by atoms with Gasteiger partial charge in [-0.25, -0.2) is 0 Å². The molecule has 3 heteroatoms. The third-order valence-corrected chi connectivity index (χ3v) is 2.80. The fraction of sp³-hybridized carbons (Fsp3) is 0.250. The minimum atomic E-state index is 0.307. The van der Waals surface area contributed by atoms with Crippen molar-refractivity contribution in [2.24, 2.45) is 0 Å². The summed E-state index contributed by atoms with van der Waals surface area (Å²) in [7, 11) is 0. The Bertz CT molecular complexity index is 532. The lowest BCUT2D eigenvalue weighted by atomic mass is 10.1. The van der Waals surface area contributed by atoms with Gasteiger partial charge >= 0.3 is 0 Å². The van der Waals surface area contributed by atoms with Crippen LogP contribution in [0.15, 0.2) is 42.5 Å². The van der Waals surface area contributed by atoms with Gasteiger partial charge in [0.15, 0.2) is 0 Å². The number of aromatic hydroxyl groups is 1. The molecule has 1 N–H and O–H groups in total. The smallest absolute Gasteiger partial charge is 0.127 e. The van der Waals surface area contributed by atoms with Crippen LogP contribution in [0.25, 0.3) is 0 Å². The molecule has 0 radical (unpaired) electrons. The normalized spacial score (nSPS) is 10.2. The first-order valence-electron chi connectivity index (χ1n) is 6.45. The Hall–Kier alpha value is -2.16. The highest BCUT2D eigenvalue weighted by Gasteiger charge is 2.03. The third kappa shape index (κ3) is 3.41. The Balaban J connectivity index is 2.12. The average molecular weight is 258 g/mol. The molecule has 3 nitrogen and oxygen atoms in total. The summed E-state index contributed by atoms with van der Waals surface area (Å²) in [5.41, 5.74) is 0.878. The van der Waals surface area contributed by atoms with Crippen LogP contribution >= 0.6 is 0 Å². The van der Waals surface area contributed by atoms with Gasteiger partial charge in [-0.05, 0) is 61.4 Å². The maximum Gasteiger partial charge on any atom is 0.127 e. The number of phenols is 1. The molecule has 2 aromatic carbocycles. The van der Waals surface area contributed by atoms with E-state index in [4.69, 9.17) is 9.47 Å². The summed E-state index contributed by atoms with van der Waals surface area (Å²) in [5.74, 6) is 2.60. The Morgan fingerprint density at radius 1 is 0.895 bits per heavy atom. The minimum absolute atomic E-state index is 0.307. The Morgan fingerprint density at radius 3 is 2.16 bits per heavy atom. The van der Waals surface area contributed by atoms with Gasteiger partial charge in [0, 0.05) is 0 Å². The first-order valence-corrected chi connectivity index (χ1v) is 6.45. The molecule has 0 heterocycles. The number of aryl methyl sites for hydroxylation is 1. The first-order chi connectivity index (χ1) is 9.22. The van der Waals surface area contributed by atoms with Gasteiger partial charge in [0.1, 0.15) is 23.0 Å². The second kappa shape index (κ2) is 6.14. The number of hydrogen-bond donors (Lipinski definition) is 1. The zero-order valence-electron chi connectivity index (χ0n) is 11.2. The molecule has 0 spiro atoms. The predicted molar refractivity (Wildman–Crippen MR) is 75.2 cm³/mol. The third-order valence-electron chi connectivity index (χ3n) is 2.80. The highest BCUT2D eigenvalue weighted by molar-refractivity contribution is 5.42. The van der Waals surface area contributed by atoms with Crippen LogP contribution in [0.2, 0.25) is 0 Å². The van der Waals surface area contributed by atoms with E-state index in [0.717, 1.165) is 29.2 Å². The summed E-state index contributed by atoms with van der Waals surface area (Å²) in [6, 6.07) is 12.7. The van der Waals surface area contributed by atoms with Crippen molar-refractivity contribution in [3.05, 3.63) is 48.0 Å². The molecule has 0 unspecified atom stereocenters. The van der Waals surface area contributed by atoms with Crippen molar-refractivity contribution in [3.8, 4) is 23.0 Å². The fourth-order valence-corrected chi connectivity index (χ4v) is 1.82. The van der Waals surface area contributed by atoms with Crippen molar-refractivity contribution in [2.75, 3.05) is 6.61 Å². The van der Waals surface area contributed by atoms with Crippen molar-refractivity contribution in [1.29, 1.82) is 0 Å². The van der Waals surface area contributed by atoms with E-state index in [-0.39, 0.29) is 0 Å².